The van der Waals surface area contributed by atoms with Crippen LogP contribution in [0.5, 0.6) is 0 Å². The Hall–Kier alpha value is -1.68. The first-order valence-electron chi connectivity index (χ1n) is 6.18. The summed E-state index contributed by atoms with van der Waals surface area (Å²) in [6.07, 6.45) is 7.90. The maximum absolute atomic E-state index is 12.1. The van der Waals surface area contributed by atoms with Crippen molar-refractivity contribution in [1.29, 1.82) is 0 Å². The Kier molecular flexibility index (Phi) is 5.24. The minimum atomic E-state index is -0.392. The fourth-order valence-electron chi connectivity index (χ4n) is 1.25. The quantitative estimate of drug-likeness (QED) is 0.784. The predicted octanol–water partition coefficient (Wildman–Crippen LogP) is 4.36. The van der Waals surface area contributed by atoms with E-state index < -0.39 is 5.41 Å². The van der Waals surface area contributed by atoms with Crippen LogP contribution in [-0.2, 0) is 4.79 Å². The number of carbonyl (C=O) groups is 1. The van der Waals surface area contributed by atoms with Crippen LogP contribution in [0.1, 0.15) is 37.8 Å². The van der Waals surface area contributed by atoms with E-state index >= 15 is 0 Å². The molecule has 0 radical (unpaired) electrons. The molecule has 0 saturated carbocycles. The topological polar surface area (TPSA) is 42.0 Å². The second-order valence-corrected chi connectivity index (χ2v) is 5.79. The van der Waals surface area contributed by atoms with Crippen molar-refractivity contribution in [3.05, 3.63) is 35.9 Å². The van der Waals surface area contributed by atoms with Gasteiger partial charge in [-0.25, -0.2) is 4.98 Å². The Morgan fingerprint density at radius 1 is 1.47 bits per heavy atom. The molecule has 19 heavy (non-hydrogen) atoms. The SMILES string of the molecule is C=C/C=C\c1sc(NC(=O)C(C)(C)CC)nc1C=C. The minimum Gasteiger partial charge on any atom is -0.301 e. The molecule has 4 heteroatoms. The average molecular weight is 276 g/mol. The van der Waals surface area contributed by atoms with E-state index in [0.717, 1.165) is 17.0 Å². The highest BCUT2D eigenvalue weighted by Gasteiger charge is 2.26. The van der Waals surface area contributed by atoms with Crippen molar-refractivity contribution in [2.75, 3.05) is 5.32 Å². The van der Waals surface area contributed by atoms with Crippen LogP contribution in [0.25, 0.3) is 12.2 Å². The number of amides is 1. The van der Waals surface area contributed by atoms with Gasteiger partial charge >= 0.3 is 0 Å². The van der Waals surface area contributed by atoms with E-state index in [-0.39, 0.29) is 5.91 Å². The van der Waals surface area contributed by atoms with Crippen molar-refractivity contribution in [3.63, 3.8) is 0 Å². The smallest absolute Gasteiger partial charge is 0.231 e. The van der Waals surface area contributed by atoms with Crippen LogP contribution in [0.15, 0.2) is 25.3 Å². The summed E-state index contributed by atoms with van der Waals surface area (Å²) in [4.78, 5) is 17.4. The molecule has 1 amide bonds. The molecule has 1 aromatic heterocycles. The van der Waals surface area contributed by atoms with E-state index in [9.17, 15) is 4.79 Å². The summed E-state index contributed by atoms with van der Waals surface area (Å²) < 4.78 is 0. The van der Waals surface area contributed by atoms with E-state index in [1.807, 2.05) is 32.9 Å². The number of nitrogens with zero attached hydrogens (tertiary/aromatic N) is 1. The minimum absolute atomic E-state index is 0.0152. The molecule has 3 nitrogen and oxygen atoms in total. The summed E-state index contributed by atoms with van der Waals surface area (Å²) in [5.74, 6) is -0.0152. The van der Waals surface area contributed by atoms with Crippen LogP contribution in [-0.4, -0.2) is 10.9 Å². The van der Waals surface area contributed by atoms with Crippen molar-refractivity contribution in [2.45, 2.75) is 27.2 Å². The molecule has 0 aliphatic rings. The monoisotopic (exact) mass is 276 g/mol. The summed E-state index contributed by atoms with van der Waals surface area (Å²) in [5, 5.41) is 3.47. The number of anilines is 1. The Morgan fingerprint density at radius 2 is 2.16 bits per heavy atom. The van der Waals surface area contributed by atoms with Crippen molar-refractivity contribution >= 4 is 34.5 Å². The zero-order chi connectivity index (χ0) is 14.5. The largest absolute Gasteiger partial charge is 0.301 e. The molecule has 0 spiro atoms. The molecular formula is C15H20N2OS. The fourth-order valence-corrected chi connectivity index (χ4v) is 2.12. The Balaban J connectivity index is 2.94. The molecular weight excluding hydrogens is 256 g/mol. The van der Waals surface area contributed by atoms with Gasteiger partial charge in [-0.3, -0.25) is 4.79 Å². The van der Waals surface area contributed by atoms with Gasteiger partial charge in [0.15, 0.2) is 5.13 Å². The number of aromatic nitrogens is 1. The maximum Gasteiger partial charge on any atom is 0.231 e. The first-order valence-corrected chi connectivity index (χ1v) is 7.00. The number of carbonyl (C=O) groups excluding carboxylic acids is 1. The molecule has 0 atom stereocenters. The van der Waals surface area contributed by atoms with Crippen LogP contribution >= 0.6 is 11.3 Å². The normalized spacial score (nSPS) is 11.5. The molecule has 1 heterocycles. The zero-order valence-corrected chi connectivity index (χ0v) is 12.5. The first-order chi connectivity index (χ1) is 8.94. The zero-order valence-electron chi connectivity index (χ0n) is 11.7. The van der Waals surface area contributed by atoms with E-state index in [2.05, 4.69) is 23.5 Å². The highest BCUT2D eigenvalue weighted by atomic mass is 32.1. The van der Waals surface area contributed by atoms with Crippen molar-refractivity contribution in [1.82, 2.24) is 4.98 Å². The highest BCUT2D eigenvalue weighted by Crippen LogP contribution is 2.28. The van der Waals surface area contributed by atoms with E-state index in [0.29, 0.717) is 5.13 Å². The summed E-state index contributed by atoms with van der Waals surface area (Å²) in [5.41, 5.74) is 0.379. The lowest BCUT2D eigenvalue weighted by atomic mass is 9.89. The Bertz CT molecular complexity index is 512. The van der Waals surface area contributed by atoms with Gasteiger partial charge in [0.1, 0.15) is 0 Å². The lowest BCUT2D eigenvalue weighted by Crippen LogP contribution is -2.29. The molecule has 0 aromatic carbocycles. The van der Waals surface area contributed by atoms with Crippen LogP contribution in [0, 0.1) is 5.41 Å². The van der Waals surface area contributed by atoms with Gasteiger partial charge in [0.05, 0.1) is 10.6 Å². The summed E-state index contributed by atoms with van der Waals surface area (Å²) in [6.45, 7) is 13.2. The Labute approximate surface area is 118 Å². The van der Waals surface area contributed by atoms with Crippen LogP contribution < -0.4 is 5.32 Å². The van der Waals surface area contributed by atoms with Gasteiger partial charge in [0, 0.05) is 5.41 Å². The lowest BCUT2D eigenvalue weighted by Gasteiger charge is -2.20. The second kappa shape index (κ2) is 6.48. The maximum atomic E-state index is 12.1. The lowest BCUT2D eigenvalue weighted by molar-refractivity contribution is -0.124. The van der Waals surface area contributed by atoms with Gasteiger partial charge in [-0.2, -0.15) is 0 Å². The van der Waals surface area contributed by atoms with Gasteiger partial charge in [-0.1, -0.05) is 57.4 Å². The second-order valence-electron chi connectivity index (χ2n) is 4.76. The third-order valence-electron chi connectivity index (χ3n) is 2.98. The van der Waals surface area contributed by atoms with Crippen molar-refractivity contribution < 1.29 is 4.79 Å². The Morgan fingerprint density at radius 3 is 2.68 bits per heavy atom. The molecule has 0 aliphatic heterocycles. The molecule has 102 valence electrons. The van der Waals surface area contributed by atoms with E-state index in [4.69, 9.17) is 0 Å². The molecule has 0 fully saturated rings. The van der Waals surface area contributed by atoms with Gasteiger partial charge in [-0.05, 0) is 18.6 Å². The average Bonchev–Trinajstić information content (AvgIpc) is 2.78. The van der Waals surface area contributed by atoms with Gasteiger partial charge in [0.2, 0.25) is 5.91 Å². The van der Waals surface area contributed by atoms with Crippen LogP contribution in [0.4, 0.5) is 5.13 Å². The van der Waals surface area contributed by atoms with Crippen molar-refractivity contribution in [2.24, 2.45) is 5.41 Å². The van der Waals surface area contributed by atoms with Crippen LogP contribution in [0.2, 0.25) is 0 Å². The standard InChI is InChI=1S/C15H20N2OS/c1-6-9-10-12-11(7-2)16-14(19-12)17-13(18)15(4,5)8-3/h6-7,9-10H,1-2,8H2,3-5H3,(H,16,17,18)/b10-9-. The number of hydrogen-bond donors (Lipinski definition) is 1. The van der Waals surface area contributed by atoms with Gasteiger partial charge in [0.25, 0.3) is 0 Å². The third kappa shape index (κ3) is 3.89. The highest BCUT2D eigenvalue weighted by molar-refractivity contribution is 7.16. The fraction of sp³-hybridized carbons (Fsp3) is 0.333. The number of allylic oxidation sites excluding steroid dienone is 2. The molecule has 0 aliphatic carbocycles. The molecule has 1 aromatic rings. The van der Waals surface area contributed by atoms with Gasteiger partial charge in [-0.15, -0.1) is 0 Å². The number of thiazole rings is 1. The van der Waals surface area contributed by atoms with Gasteiger partial charge < -0.3 is 5.32 Å². The van der Waals surface area contributed by atoms with E-state index in [1.165, 1.54) is 11.3 Å². The number of nitrogens with one attached hydrogen (secondary N) is 1. The predicted molar refractivity (Wildman–Crippen MR) is 84.1 cm³/mol. The molecule has 0 bridgehead atoms. The summed E-state index contributed by atoms with van der Waals surface area (Å²) >= 11 is 1.43. The number of hydrogen-bond acceptors (Lipinski definition) is 3. The van der Waals surface area contributed by atoms with Crippen LogP contribution in [0.3, 0.4) is 0 Å². The van der Waals surface area contributed by atoms with E-state index in [1.54, 1.807) is 12.2 Å². The molecule has 1 N–H and O–H groups in total. The first kappa shape index (κ1) is 15.4. The summed E-state index contributed by atoms with van der Waals surface area (Å²) in [6, 6.07) is 0. The van der Waals surface area contributed by atoms with Crippen molar-refractivity contribution in [3.8, 4) is 0 Å². The number of rotatable bonds is 6. The molecule has 0 unspecified atom stereocenters. The third-order valence-corrected chi connectivity index (χ3v) is 3.93. The summed E-state index contributed by atoms with van der Waals surface area (Å²) in [7, 11) is 0. The molecule has 0 saturated heterocycles. The molecule has 1 rings (SSSR count).